The molecule has 0 radical (unpaired) electrons. The SMILES string of the molecule is CC(C)(C)C1=CC(C(O)c2ccc(Cl)cc2)C(N)(O)C=C1. The van der Waals surface area contributed by atoms with Gasteiger partial charge in [0.1, 0.15) is 5.72 Å². The topological polar surface area (TPSA) is 66.5 Å². The highest BCUT2D eigenvalue weighted by Gasteiger charge is 2.38. The third-order valence-electron chi connectivity index (χ3n) is 3.84. The van der Waals surface area contributed by atoms with Crippen LogP contribution in [0.15, 0.2) is 48.1 Å². The molecule has 0 saturated carbocycles. The van der Waals surface area contributed by atoms with Crippen LogP contribution in [0.4, 0.5) is 0 Å². The summed E-state index contributed by atoms with van der Waals surface area (Å²) in [7, 11) is 0. The minimum Gasteiger partial charge on any atom is -0.388 e. The second kappa shape index (κ2) is 5.58. The quantitative estimate of drug-likeness (QED) is 0.735. The molecule has 0 fully saturated rings. The number of hydrogen-bond donors (Lipinski definition) is 3. The molecule has 4 N–H and O–H groups in total. The maximum absolute atomic E-state index is 10.6. The van der Waals surface area contributed by atoms with Gasteiger partial charge in [-0.2, -0.15) is 0 Å². The first-order chi connectivity index (χ1) is 9.61. The zero-order valence-corrected chi connectivity index (χ0v) is 13.3. The molecule has 1 aromatic rings. The summed E-state index contributed by atoms with van der Waals surface area (Å²) in [5.41, 5.74) is 5.99. The van der Waals surface area contributed by atoms with Gasteiger partial charge in [-0.25, -0.2) is 0 Å². The number of benzene rings is 1. The van der Waals surface area contributed by atoms with Crippen LogP contribution in [0.2, 0.25) is 5.02 Å². The fourth-order valence-corrected chi connectivity index (χ4v) is 2.55. The van der Waals surface area contributed by atoms with E-state index in [-0.39, 0.29) is 5.41 Å². The summed E-state index contributed by atoms with van der Waals surface area (Å²) in [6.45, 7) is 6.24. The van der Waals surface area contributed by atoms with Crippen LogP contribution in [0, 0.1) is 11.3 Å². The molecule has 1 aliphatic rings. The summed E-state index contributed by atoms with van der Waals surface area (Å²) in [6, 6.07) is 6.91. The highest BCUT2D eigenvalue weighted by Crippen LogP contribution is 2.39. The molecule has 0 heterocycles. The molecule has 0 saturated heterocycles. The van der Waals surface area contributed by atoms with Gasteiger partial charge in [0, 0.05) is 5.02 Å². The summed E-state index contributed by atoms with van der Waals surface area (Å²) in [4.78, 5) is 0. The van der Waals surface area contributed by atoms with E-state index < -0.39 is 17.7 Å². The van der Waals surface area contributed by atoms with E-state index in [2.05, 4.69) is 20.8 Å². The third kappa shape index (κ3) is 3.55. The summed E-state index contributed by atoms with van der Waals surface area (Å²) in [5.74, 6) is -0.613. The average Bonchev–Trinajstić information content (AvgIpc) is 2.37. The predicted molar refractivity (Wildman–Crippen MR) is 85.7 cm³/mol. The summed E-state index contributed by atoms with van der Waals surface area (Å²) in [6.07, 6.45) is 4.33. The Morgan fingerprint density at radius 2 is 1.81 bits per heavy atom. The number of hydrogen-bond acceptors (Lipinski definition) is 3. The Morgan fingerprint density at radius 1 is 1.24 bits per heavy atom. The molecular formula is C17H22ClNO2. The number of halogens is 1. The normalized spacial score (nSPS) is 27.4. The Hall–Kier alpha value is -1.13. The van der Waals surface area contributed by atoms with Crippen molar-refractivity contribution in [1.29, 1.82) is 0 Å². The first kappa shape index (κ1) is 16.2. The lowest BCUT2D eigenvalue weighted by Crippen LogP contribution is -2.48. The molecule has 3 unspecified atom stereocenters. The van der Waals surface area contributed by atoms with Crippen LogP contribution in [0.25, 0.3) is 0 Å². The van der Waals surface area contributed by atoms with Crippen LogP contribution in [0.5, 0.6) is 0 Å². The lowest BCUT2D eigenvalue weighted by atomic mass is 9.75. The lowest BCUT2D eigenvalue weighted by Gasteiger charge is -2.37. The smallest absolute Gasteiger partial charge is 0.142 e. The van der Waals surface area contributed by atoms with E-state index in [9.17, 15) is 10.2 Å². The van der Waals surface area contributed by atoms with Crippen LogP contribution in [0.3, 0.4) is 0 Å². The standard InChI is InChI=1S/C17H22ClNO2/c1-16(2,3)12-8-9-17(19,21)14(10-12)15(20)11-4-6-13(18)7-5-11/h4-10,14-15,20-21H,19H2,1-3H3. The second-order valence-corrected chi connectivity index (χ2v) is 7.05. The van der Waals surface area contributed by atoms with Gasteiger partial charge in [0.05, 0.1) is 12.0 Å². The Labute approximate surface area is 130 Å². The van der Waals surface area contributed by atoms with Crippen LogP contribution >= 0.6 is 11.6 Å². The first-order valence-corrected chi connectivity index (χ1v) is 7.35. The van der Waals surface area contributed by atoms with Crippen molar-refractivity contribution in [3.05, 3.63) is 58.7 Å². The highest BCUT2D eigenvalue weighted by molar-refractivity contribution is 6.30. The van der Waals surface area contributed by atoms with E-state index in [1.165, 1.54) is 0 Å². The van der Waals surface area contributed by atoms with Crippen LogP contribution in [0.1, 0.15) is 32.4 Å². The van der Waals surface area contributed by atoms with Gasteiger partial charge >= 0.3 is 0 Å². The van der Waals surface area contributed by atoms with Crippen molar-refractivity contribution in [3.63, 3.8) is 0 Å². The fraction of sp³-hybridized carbons (Fsp3) is 0.412. The Bertz CT molecular complexity index is 567. The number of rotatable bonds is 2. The van der Waals surface area contributed by atoms with Crippen LogP contribution in [-0.4, -0.2) is 15.9 Å². The third-order valence-corrected chi connectivity index (χ3v) is 4.09. The maximum Gasteiger partial charge on any atom is 0.142 e. The largest absolute Gasteiger partial charge is 0.388 e. The van der Waals surface area contributed by atoms with Crippen molar-refractivity contribution < 1.29 is 10.2 Å². The van der Waals surface area contributed by atoms with Gasteiger partial charge in [0.15, 0.2) is 0 Å². The van der Waals surface area contributed by atoms with Crippen LogP contribution < -0.4 is 5.73 Å². The number of allylic oxidation sites excluding steroid dienone is 2. The molecule has 3 atom stereocenters. The predicted octanol–water partition coefficient (Wildman–Crippen LogP) is 3.18. The molecule has 4 heteroatoms. The van der Waals surface area contributed by atoms with Crippen LogP contribution in [-0.2, 0) is 0 Å². The molecule has 114 valence electrons. The van der Waals surface area contributed by atoms with E-state index in [1.54, 1.807) is 30.3 Å². The zero-order valence-electron chi connectivity index (χ0n) is 12.5. The van der Waals surface area contributed by atoms with Crippen molar-refractivity contribution in [2.45, 2.75) is 32.6 Å². The van der Waals surface area contributed by atoms with Crippen molar-refractivity contribution in [2.24, 2.45) is 17.1 Å². The van der Waals surface area contributed by atoms with E-state index >= 15 is 0 Å². The Kier molecular flexibility index (Phi) is 4.31. The van der Waals surface area contributed by atoms with E-state index in [4.69, 9.17) is 17.3 Å². The van der Waals surface area contributed by atoms with Gasteiger partial charge in [0.2, 0.25) is 0 Å². The van der Waals surface area contributed by atoms with E-state index in [1.807, 2.05) is 12.2 Å². The van der Waals surface area contributed by atoms with Gasteiger partial charge in [0.25, 0.3) is 0 Å². The molecule has 21 heavy (non-hydrogen) atoms. The van der Waals surface area contributed by atoms with Crippen molar-refractivity contribution in [2.75, 3.05) is 0 Å². The molecule has 0 amide bonds. The number of aliphatic hydroxyl groups excluding tert-OH is 1. The highest BCUT2D eigenvalue weighted by atomic mass is 35.5. The molecule has 2 rings (SSSR count). The number of aliphatic hydroxyl groups is 2. The monoisotopic (exact) mass is 307 g/mol. The Morgan fingerprint density at radius 3 is 2.33 bits per heavy atom. The molecule has 0 bridgehead atoms. The minimum absolute atomic E-state index is 0.0784. The summed E-state index contributed by atoms with van der Waals surface area (Å²) < 4.78 is 0. The molecule has 0 spiro atoms. The van der Waals surface area contributed by atoms with E-state index in [0.29, 0.717) is 10.6 Å². The molecule has 1 aliphatic carbocycles. The average molecular weight is 308 g/mol. The second-order valence-electron chi connectivity index (χ2n) is 6.61. The van der Waals surface area contributed by atoms with Gasteiger partial charge in [-0.3, -0.25) is 5.73 Å². The van der Waals surface area contributed by atoms with Crippen molar-refractivity contribution >= 4 is 11.6 Å². The minimum atomic E-state index is -1.58. The van der Waals surface area contributed by atoms with Gasteiger partial charge in [-0.15, -0.1) is 0 Å². The van der Waals surface area contributed by atoms with Gasteiger partial charge in [-0.05, 0) is 34.8 Å². The van der Waals surface area contributed by atoms with Crippen molar-refractivity contribution in [3.8, 4) is 0 Å². The molecule has 1 aromatic carbocycles. The zero-order chi connectivity index (χ0) is 15.8. The van der Waals surface area contributed by atoms with E-state index in [0.717, 1.165) is 5.57 Å². The maximum atomic E-state index is 10.6. The Balaban J connectivity index is 2.37. The molecule has 3 nitrogen and oxygen atoms in total. The molecule has 0 aromatic heterocycles. The molecule has 0 aliphatic heterocycles. The first-order valence-electron chi connectivity index (χ1n) is 6.97. The molecular weight excluding hydrogens is 286 g/mol. The summed E-state index contributed by atoms with van der Waals surface area (Å²) >= 11 is 5.86. The fourth-order valence-electron chi connectivity index (χ4n) is 2.43. The number of nitrogens with two attached hydrogens (primary N) is 1. The van der Waals surface area contributed by atoms with Gasteiger partial charge < -0.3 is 10.2 Å². The lowest BCUT2D eigenvalue weighted by molar-refractivity contribution is -0.0152. The van der Waals surface area contributed by atoms with Crippen molar-refractivity contribution in [1.82, 2.24) is 0 Å². The van der Waals surface area contributed by atoms with Gasteiger partial charge in [-0.1, -0.05) is 56.7 Å². The summed E-state index contributed by atoms with van der Waals surface area (Å²) in [5, 5.41) is 21.6.